The van der Waals surface area contributed by atoms with E-state index in [4.69, 9.17) is 5.11 Å². The highest BCUT2D eigenvalue weighted by Crippen LogP contribution is 2.33. The average molecular weight is 132 g/mol. The van der Waals surface area contributed by atoms with Crippen molar-refractivity contribution in [3.8, 4) is 0 Å². The third-order valence-electron chi connectivity index (χ3n) is 1.66. The van der Waals surface area contributed by atoms with Crippen LogP contribution in [0.2, 0.25) is 0 Å². The van der Waals surface area contributed by atoms with Gasteiger partial charge in [-0.2, -0.15) is 11.8 Å². The van der Waals surface area contributed by atoms with E-state index in [-0.39, 0.29) is 0 Å². The summed E-state index contributed by atoms with van der Waals surface area (Å²) in [6, 6.07) is 0. The van der Waals surface area contributed by atoms with E-state index in [2.05, 4.69) is 6.92 Å². The van der Waals surface area contributed by atoms with E-state index in [1.807, 2.05) is 11.8 Å². The van der Waals surface area contributed by atoms with Gasteiger partial charge in [0.25, 0.3) is 0 Å². The molecule has 1 nitrogen and oxygen atoms in total. The molecule has 2 unspecified atom stereocenters. The van der Waals surface area contributed by atoms with Crippen LogP contribution < -0.4 is 0 Å². The lowest BCUT2D eigenvalue weighted by Gasteiger charge is -2.29. The summed E-state index contributed by atoms with van der Waals surface area (Å²) in [5.74, 6) is 1.82. The molecule has 1 aliphatic heterocycles. The molecule has 1 rings (SSSR count). The Labute approximate surface area is 54.5 Å². The number of rotatable bonds is 2. The summed E-state index contributed by atoms with van der Waals surface area (Å²) in [5, 5.41) is 9.42. The molecule has 0 amide bonds. The Kier molecular flexibility index (Phi) is 2.20. The zero-order valence-electron chi connectivity index (χ0n) is 5.13. The minimum atomic E-state index is 0.359. The van der Waals surface area contributed by atoms with Crippen molar-refractivity contribution < 1.29 is 5.11 Å². The van der Waals surface area contributed by atoms with E-state index < -0.39 is 0 Å². The van der Waals surface area contributed by atoms with Crippen molar-refractivity contribution in [2.45, 2.75) is 18.6 Å². The van der Waals surface area contributed by atoms with Gasteiger partial charge in [-0.15, -0.1) is 0 Å². The molecular formula is C6H12OS. The quantitative estimate of drug-likeness (QED) is 0.607. The molecule has 8 heavy (non-hydrogen) atoms. The summed E-state index contributed by atoms with van der Waals surface area (Å²) in [6.45, 7) is 2.47. The standard InChI is InChI=1S/C6H12OS/c1-5(4-7)6-2-3-8-6/h5-7H,2-4H2,1H3. The lowest BCUT2D eigenvalue weighted by atomic mass is 10.1. The maximum absolute atomic E-state index is 8.66. The Bertz CT molecular complexity index is 68.2. The predicted molar refractivity (Wildman–Crippen MR) is 37.1 cm³/mol. The van der Waals surface area contributed by atoms with E-state index >= 15 is 0 Å². The topological polar surface area (TPSA) is 20.2 Å². The highest BCUT2D eigenvalue weighted by Gasteiger charge is 2.23. The Hall–Kier alpha value is 0.310. The van der Waals surface area contributed by atoms with Crippen LogP contribution in [0, 0.1) is 5.92 Å². The van der Waals surface area contributed by atoms with Crippen molar-refractivity contribution in [2.24, 2.45) is 5.92 Å². The first kappa shape index (κ1) is 6.43. The molecule has 1 N–H and O–H groups in total. The molecule has 0 aromatic rings. The molecule has 0 spiro atoms. The third-order valence-corrected chi connectivity index (χ3v) is 3.26. The van der Waals surface area contributed by atoms with Crippen LogP contribution in [0.3, 0.4) is 0 Å². The molecule has 0 radical (unpaired) electrons. The van der Waals surface area contributed by atoms with Gasteiger partial charge in [0.05, 0.1) is 0 Å². The monoisotopic (exact) mass is 132 g/mol. The Morgan fingerprint density at radius 1 is 1.88 bits per heavy atom. The van der Waals surface area contributed by atoms with Crippen LogP contribution in [-0.4, -0.2) is 22.7 Å². The number of hydrogen-bond donors (Lipinski definition) is 1. The molecule has 1 saturated heterocycles. The second-order valence-corrected chi connectivity index (χ2v) is 3.70. The van der Waals surface area contributed by atoms with Crippen molar-refractivity contribution >= 4 is 11.8 Å². The predicted octanol–water partition coefficient (Wildman–Crippen LogP) is 1.12. The summed E-state index contributed by atoms with van der Waals surface area (Å²) in [5.41, 5.74) is 0. The van der Waals surface area contributed by atoms with E-state index in [1.54, 1.807) is 0 Å². The Balaban J connectivity index is 2.13. The van der Waals surface area contributed by atoms with Crippen molar-refractivity contribution in [2.75, 3.05) is 12.4 Å². The van der Waals surface area contributed by atoms with Gasteiger partial charge < -0.3 is 5.11 Å². The second-order valence-electron chi connectivity index (χ2n) is 2.36. The summed E-state index contributed by atoms with van der Waals surface area (Å²) in [6.07, 6.45) is 1.31. The van der Waals surface area contributed by atoms with Gasteiger partial charge >= 0.3 is 0 Å². The van der Waals surface area contributed by atoms with Gasteiger partial charge in [0, 0.05) is 11.9 Å². The molecule has 2 atom stereocenters. The fraction of sp³-hybridized carbons (Fsp3) is 1.00. The maximum Gasteiger partial charge on any atom is 0.0467 e. The zero-order valence-corrected chi connectivity index (χ0v) is 5.95. The lowest BCUT2D eigenvalue weighted by Crippen LogP contribution is -2.25. The van der Waals surface area contributed by atoms with Gasteiger partial charge in [-0.1, -0.05) is 6.92 Å². The summed E-state index contributed by atoms with van der Waals surface area (Å²) in [7, 11) is 0. The third kappa shape index (κ3) is 1.17. The fourth-order valence-electron chi connectivity index (χ4n) is 0.820. The van der Waals surface area contributed by atoms with Gasteiger partial charge in [0.1, 0.15) is 0 Å². The molecule has 0 saturated carbocycles. The molecule has 0 aliphatic carbocycles. The van der Waals surface area contributed by atoms with E-state index in [0.717, 1.165) is 5.25 Å². The molecule has 1 heterocycles. The minimum Gasteiger partial charge on any atom is -0.396 e. The summed E-state index contributed by atoms with van der Waals surface area (Å²) < 4.78 is 0. The van der Waals surface area contributed by atoms with Gasteiger partial charge in [-0.25, -0.2) is 0 Å². The second kappa shape index (κ2) is 2.74. The molecule has 0 bridgehead atoms. The Morgan fingerprint density at radius 2 is 2.50 bits per heavy atom. The molecular weight excluding hydrogens is 120 g/mol. The normalized spacial score (nSPS) is 31.5. The molecule has 2 heteroatoms. The van der Waals surface area contributed by atoms with Gasteiger partial charge in [0.2, 0.25) is 0 Å². The first-order valence-electron chi connectivity index (χ1n) is 3.07. The van der Waals surface area contributed by atoms with Crippen LogP contribution in [0.15, 0.2) is 0 Å². The number of thioether (sulfide) groups is 1. The van der Waals surface area contributed by atoms with Crippen molar-refractivity contribution in [3.63, 3.8) is 0 Å². The summed E-state index contributed by atoms with van der Waals surface area (Å²) >= 11 is 1.98. The number of aliphatic hydroxyl groups excluding tert-OH is 1. The number of aliphatic hydroxyl groups is 1. The van der Waals surface area contributed by atoms with Gasteiger partial charge in [-0.05, 0) is 18.1 Å². The molecule has 0 aromatic heterocycles. The molecule has 1 aliphatic rings. The molecule has 1 fully saturated rings. The van der Waals surface area contributed by atoms with Crippen LogP contribution in [0.25, 0.3) is 0 Å². The molecule has 0 aromatic carbocycles. The largest absolute Gasteiger partial charge is 0.396 e. The first-order valence-corrected chi connectivity index (χ1v) is 4.12. The van der Waals surface area contributed by atoms with Crippen molar-refractivity contribution in [1.82, 2.24) is 0 Å². The first-order chi connectivity index (χ1) is 3.84. The minimum absolute atomic E-state index is 0.359. The average Bonchev–Trinajstić information content (AvgIpc) is 1.62. The zero-order chi connectivity index (χ0) is 5.98. The lowest BCUT2D eigenvalue weighted by molar-refractivity contribution is 0.231. The number of hydrogen-bond acceptors (Lipinski definition) is 2. The van der Waals surface area contributed by atoms with E-state index in [0.29, 0.717) is 12.5 Å². The summed E-state index contributed by atoms with van der Waals surface area (Å²) in [4.78, 5) is 0. The van der Waals surface area contributed by atoms with Crippen LogP contribution in [-0.2, 0) is 0 Å². The van der Waals surface area contributed by atoms with Crippen LogP contribution in [0.5, 0.6) is 0 Å². The van der Waals surface area contributed by atoms with Gasteiger partial charge in [0.15, 0.2) is 0 Å². The van der Waals surface area contributed by atoms with Gasteiger partial charge in [-0.3, -0.25) is 0 Å². The Morgan fingerprint density at radius 3 is 2.62 bits per heavy atom. The SMILES string of the molecule is CC(CO)C1CCS1. The van der Waals surface area contributed by atoms with Crippen LogP contribution in [0.1, 0.15) is 13.3 Å². The van der Waals surface area contributed by atoms with E-state index in [9.17, 15) is 0 Å². The fourth-order valence-corrected chi connectivity index (χ4v) is 1.74. The highest BCUT2D eigenvalue weighted by atomic mass is 32.2. The highest BCUT2D eigenvalue weighted by molar-refractivity contribution is 8.01. The maximum atomic E-state index is 8.66. The smallest absolute Gasteiger partial charge is 0.0467 e. The van der Waals surface area contributed by atoms with Crippen LogP contribution in [0.4, 0.5) is 0 Å². The molecule has 48 valence electrons. The van der Waals surface area contributed by atoms with E-state index in [1.165, 1.54) is 12.2 Å². The van der Waals surface area contributed by atoms with Crippen molar-refractivity contribution in [1.29, 1.82) is 0 Å². The van der Waals surface area contributed by atoms with Crippen molar-refractivity contribution in [3.05, 3.63) is 0 Å². The van der Waals surface area contributed by atoms with Crippen LogP contribution >= 0.6 is 11.8 Å².